The van der Waals surface area contributed by atoms with Crippen molar-refractivity contribution in [2.75, 3.05) is 57.1 Å². The van der Waals surface area contributed by atoms with Crippen molar-refractivity contribution in [2.24, 2.45) is 0 Å². The second-order valence-electron chi connectivity index (χ2n) is 5.38. The SMILES string of the molecule is CNc1c(Cl)ncnc1NCC(C)(O)CN1CCOCC1. The van der Waals surface area contributed by atoms with Crippen molar-refractivity contribution in [1.82, 2.24) is 14.9 Å². The van der Waals surface area contributed by atoms with Gasteiger partial charge in [-0.2, -0.15) is 0 Å². The van der Waals surface area contributed by atoms with Gasteiger partial charge in [-0.25, -0.2) is 9.97 Å². The van der Waals surface area contributed by atoms with Gasteiger partial charge < -0.3 is 20.5 Å². The van der Waals surface area contributed by atoms with Gasteiger partial charge in [0.1, 0.15) is 12.0 Å². The molecular formula is C13H22ClN5O2. The van der Waals surface area contributed by atoms with Crippen LogP contribution in [0.25, 0.3) is 0 Å². The largest absolute Gasteiger partial charge is 0.387 e. The molecule has 2 rings (SSSR count). The van der Waals surface area contributed by atoms with E-state index in [1.165, 1.54) is 6.33 Å². The van der Waals surface area contributed by atoms with Crippen molar-refractivity contribution < 1.29 is 9.84 Å². The third kappa shape index (κ3) is 4.67. The number of β-amino-alcohol motifs (C(OH)–C–C–N with tert-alkyl or cyclic N) is 1. The minimum Gasteiger partial charge on any atom is -0.387 e. The van der Waals surface area contributed by atoms with Gasteiger partial charge in [-0.3, -0.25) is 4.90 Å². The van der Waals surface area contributed by atoms with E-state index in [1.54, 1.807) is 14.0 Å². The highest BCUT2D eigenvalue weighted by molar-refractivity contribution is 6.32. The van der Waals surface area contributed by atoms with Crippen LogP contribution in [-0.2, 0) is 4.74 Å². The number of morpholine rings is 1. The van der Waals surface area contributed by atoms with Gasteiger partial charge in [-0.1, -0.05) is 11.6 Å². The summed E-state index contributed by atoms with van der Waals surface area (Å²) in [5.74, 6) is 0.583. The number of halogens is 1. The van der Waals surface area contributed by atoms with Crippen LogP contribution in [0.5, 0.6) is 0 Å². The normalized spacial score (nSPS) is 19.0. The first-order valence-electron chi connectivity index (χ1n) is 6.96. The van der Waals surface area contributed by atoms with E-state index in [9.17, 15) is 5.11 Å². The fourth-order valence-corrected chi connectivity index (χ4v) is 2.52. The summed E-state index contributed by atoms with van der Waals surface area (Å²) in [6.45, 7) is 5.87. The molecule has 1 fully saturated rings. The molecule has 21 heavy (non-hydrogen) atoms. The Morgan fingerprint density at radius 2 is 2.14 bits per heavy atom. The highest BCUT2D eigenvalue weighted by Gasteiger charge is 2.25. The first-order valence-corrected chi connectivity index (χ1v) is 7.34. The van der Waals surface area contributed by atoms with Crippen molar-refractivity contribution in [3.8, 4) is 0 Å². The summed E-state index contributed by atoms with van der Waals surface area (Å²) in [6, 6.07) is 0. The third-order valence-corrected chi connectivity index (χ3v) is 3.64. The van der Waals surface area contributed by atoms with Crippen LogP contribution in [-0.4, -0.2) is 72.0 Å². The molecular weight excluding hydrogens is 294 g/mol. The molecule has 1 aromatic rings. The van der Waals surface area contributed by atoms with Gasteiger partial charge >= 0.3 is 0 Å². The van der Waals surface area contributed by atoms with Crippen molar-refractivity contribution >= 4 is 23.1 Å². The standard InChI is InChI=1S/C13H22ClN5O2/c1-13(20,8-19-3-5-21-6-4-19)7-16-12-10(15-2)11(14)17-9-18-12/h9,15,20H,3-8H2,1-2H3,(H,16,17,18). The molecule has 0 amide bonds. The smallest absolute Gasteiger partial charge is 0.157 e. The number of nitrogens with zero attached hydrogens (tertiary/aromatic N) is 3. The Labute approximate surface area is 129 Å². The Kier molecular flexibility index (Phi) is 5.58. The number of hydrogen-bond donors (Lipinski definition) is 3. The maximum Gasteiger partial charge on any atom is 0.157 e. The average Bonchev–Trinajstić information content (AvgIpc) is 2.46. The molecule has 0 aromatic carbocycles. The molecule has 1 aliphatic rings. The molecule has 1 saturated heterocycles. The van der Waals surface area contributed by atoms with E-state index in [0.717, 1.165) is 26.3 Å². The van der Waals surface area contributed by atoms with Crippen LogP contribution in [0.2, 0.25) is 5.15 Å². The predicted octanol–water partition coefficient (Wildman–Crippen LogP) is 0.667. The molecule has 0 bridgehead atoms. The quantitative estimate of drug-likeness (QED) is 0.665. The maximum atomic E-state index is 10.5. The maximum absolute atomic E-state index is 10.5. The number of anilines is 2. The minimum atomic E-state index is -0.875. The highest BCUT2D eigenvalue weighted by atomic mass is 35.5. The number of hydrogen-bond acceptors (Lipinski definition) is 7. The highest BCUT2D eigenvalue weighted by Crippen LogP contribution is 2.25. The fraction of sp³-hybridized carbons (Fsp3) is 0.692. The Morgan fingerprint density at radius 3 is 2.81 bits per heavy atom. The van der Waals surface area contributed by atoms with E-state index in [0.29, 0.717) is 29.7 Å². The number of rotatable bonds is 6. The minimum absolute atomic E-state index is 0.350. The Morgan fingerprint density at radius 1 is 1.43 bits per heavy atom. The molecule has 0 spiro atoms. The summed E-state index contributed by atoms with van der Waals surface area (Å²) in [5.41, 5.74) is -0.249. The predicted molar refractivity (Wildman–Crippen MR) is 83.0 cm³/mol. The third-order valence-electron chi connectivity index (χ3n) is 3.36. The molecule has 3 N–H and O–H groups in total. The van der Waals surface area contributed by atoms with Gasteiger partial charge in [-0.15, -0.1) is 0 Å². The van der Waals surface area contributed by atoms with E-state index in [1.807, 2.05) is 0 Å². The summed E-state index contributed by atoms with van der Waals surface area (Å²) in [4.78, 5) is 10.3. The molecule has 1 aliphatic heterocycles. The van der Waals surface area contributed by atoms with Crippen molar-refractivity contribution in [1.29, 1.82) is 0 Å². The molecule has 7 nitrogen and oxygen atoms in total. The van der Waals surface area contributed by atoms with Gasteiger partial charge in [0, 0.05) is 33.2 Å². The van der Waals surface area contributed by atoms with Crippen LogP contribution >= 0.6 is 11.6 Å². The van der Waals surface area contributed by atoms with Crippen LogP contribution in [0.3, 0.4) is 0 Å². The molecule has 2 heterocycles. The lowest BCUT2D eigenvalue weighted by atomic mass is 10.1. The lowest BCUT2D eigenvalue weighted by molar-refractivity contribution is -0.0163. The Hall–Kier alpha value is -1.15. The van der Waals surface area contributed by atoms with E-state index in [2.05, 4.69) is 25.5 Å². The molecule has 8 heteroatoms. The van der Waals surface area contributed by atoms with Crippen molar-refractivity contribution in [3.05, 3.63) is 11.5 Å². The average molecular weight is 316 g/mol. The van der Waals surface area contributed by atoms with E-state index >= 15 is 0 Å². The molecule has 0 aliphatic carbocycles. The van der Waals surface area contributed by atoms with Gasteiger partial charge in [0.05, 0.1) is 18.8 Å². The van der Waals surface area contributed by atoms with Crippen molar-refractivity contribution in [3.63, 3.8) is 0 Å². The molecule has 0 radical (unpaired) electrons. The zero-order valence-electron chi connectivity index (χ0n) is 12.4. The zero-order valence-corrected chi connectivity index (χ0v) is 13.2. The van der Waals surface area contributed by atoms with Crippen LogP contribution < -0.4 is 10.6 Å². The summed E-state index contributed by atoms with van der Waals surface area (Å²) in [6.07, 6.45) is 1.39. The molecule has 118 valence electrons. The van der Waals surface area contributed by atoms with Crippen molar-refractivity contribution in [2.45, 2.75) is 12.5 Å². The summed E-state index contributed by atoms with van der Waals surface area (Å²) < 4.78 is 5.31. The number of nitrogens with one attached hydrogen (secondary N) is 2. The number of aliphatic hydroxyl groups is 1. The van der Waals surface area contributed by atoms with Gasteiger partial charge in [0.15, 0.2) is 11.0 Å². The van der Waals surface area contributed by atoms with Gasteiger partial charge in [0.25, 0.3) is 0 Å². The molecule has 0 saturated carbocycles. The van der Waals surface area contributed by atoms with E-state index < -0.39 is 5.60 Å². The zero-order chi connectivity index (χ0) is 15.3. The van der Waals surface area contributed by atoms with Gasteiger partial charge in [0.2, 0.25) is 0 Å². The van der Waals surface area contributed by atoms with E-state index in [4.69, 9.17) is 16.3 Å². The van der Waals surface area contributed by atoms with Crippen LogP contribution in [0.15, 0.2) is 6.33 Å². The summed E-state index contributed by atoms with van der Waals surface area (Å²) >= 11 is 6.00. The second-order valence-corrected chi connectivity index (χ2v) is 5.74. The summed E-state index contributed by atoms with van der Waals surface area (Å²) in [5, 5.41) is 17.0. The van der Waals surface area contributed by atoms with Crippen LogP contribution in [0.4, 0.5) is 11.5 Å². The Balaban J connectivity index is 1.93. The molecule has 1 atom stereocenters. The number of aromatic nitrogens is 2. The van der Waals surface area contributed by atoms with Gasteiger partial charge in [-0.05, 0) is 6.92 Å². The second kappa shape index (κ2) is 7.22. The lowest BCUT2D eigenvalue weighted by Crippen LogP contribution is -2.49. The number of ether oxygens (including phenoxy) is 1. The monoisotopic (exact) mass is 315 g/mol. The molecule has 1 aromatic heterocycles. The summed E-state index contributed by atoms with van der Waals surface area (Å²) in [7, 11) is 1.75. The first-order chi connectivity index (χ1) is 10.0. The molecule has 1 unspecified atom stereocenters. The van der Waals surface area contributed by atoms with Crippen LogP contribution in [0.1, 0.15) is 6.92 Å². The lowest BCUT2D eigenvalue weighted by Gasteiger charge is -2.34. The fourth-order valence-electron chi connectivity index (χ4n) is 2.29. The first kappa shape index (κ1) is 16.2. The van der Waals surface area contributed by atoms with Crippen LogP contribution in [0, 0.1) is 0 Å². The topological polar surface area (TPSA) is 82.5 Å². The van der Waals surface area contributed by atoms with E-state index in [-0.39, 0.29) is 0 Å². The Bertz CT molecular complexity index is 466.